The lowest BCUT2D eigenvalue weighted by atomic mass is 9.88. The van der Waals surface area contributed by atoms with Crippen LogP contribution in [0.4, 0.5) is 0 Å². The van der Waals surface area contributed by atoms with Crippen LogP contribution >= 0.6 is 11.3 Å². The van der Waals surface area contributed by atoms with Crippen molar-refractivity contribution in [3.8, 4) is 0 Å². The summed E-state index contributed by atoms with van der Waals surface area (Å²) < 4.78 is 7.47. The van der Waals surface area contributed by atoms with Crippen LogP contribution < -0.4 is 8.80 Å². The average molecular weight is 589 g/mol. The van der Waals surface area contributed by atoms with Crippen LogP contribution in [0.3, 0.4) is 0 Å². The molecule has 0 saturated heterocycles. The Morgan fingerprint density at radius 2 is 1.25 bits per heavy atom. The van der Waals surface area contributed by atoms with Crippen molar-refractivity contribution in [3.63, 3.8) is 0 Å². The minimum Gasteiger partial charge on any atom is -0.159 e. The number of hydrogen-bond donors (Lipinski definition) is 0. The molecule has 0 unspecified atom stereocenters. The first-order chi connectivity index (χ1) is 21.2. The van der Waals surface area contributed by atoms with Gasteiger partial charge in [-0.25, -0.2) is 0 Å². The van der Waals surface area contributed by atoms with E-state index in [1.165, 1.54) is 86.0 Å². The highest BCUT2D eigenvalue weighted by Gasteiger charge is 2.25. The summed E-state index contributed by atoms with van der Waals surface area (Å²) in [5, 5.41) is 7.65. The third kappa shape index (κ3) is 4.14. The molecular formula is C41H36N2S+2. The van der Waals surface area contributed by atoms with E-state index in [9.17, 15) is 0 Å². The number of para-hydroxylation sites is 1. The fourth-order valence-electron chi connectivity index (χ4n) is 6.97. The highest BCUT2D eigenvalue weighted by atomic mass is 32.1. The van der Waals surface area contributed by atoms with Gasteiger partial charge < -0.3 is 0 Å². The van der Waals surface area contributed by atoms with E-state index in [0.717, 1.165) is 0 Å². The van der Waals surface area contributed by atoms with Gasteiger partial charge in [0.05, 0.1) is 0 Å². The first kappa shape index (κ1) is 27.0. The van der Waals surface area contributed by atoms with Crippen molar-refractivity contribution in [2.75, 3.05) is 0 Å². The van der Waals surface area contributed by atoms with Crippen LogP contribution in [-0.2, 0) is 5.41 Å². The molecule has 0 saturated carbocycles. The van der Waals surface area contributed by atoms with Gasteiger partial charge >= 0.3 is 0 Å². The predicted octanol–water partition coefficient (Wildman–Crippen LogP) is 10.3. The van der Waals surface area contributed by atoms with Gasteiger partial charge in [-0.15, -0.1) is 11.3 Å². The van der Waals surface area contributed by atoms with Crippen molar-refractivity contribution in [2.45, 2.75) is 47.0 Å². The smallest absolute Gasteiger partial charge is 0.159 e. The molecule has 4 aromatic carbocycles. The van der Waals surface area contributed by atoms with Gasteiger partial charge in [-0.3, -0.25) is 0 Å². The van der Waals surface area contributed by atoms with Crippen LogP contribution in [-0.4, -0.2) is 0 Å². The SMILES string of the molecule is Cc1ccc2c3ccccc3sc3cc4c(cc3c2c1)c1ccc(C(C)(C)C)c[n+]1c1ccccc1c1c(C)cc(C)c[n+]41. The van der Waals surface area contributed by atoms with Crippen molar-refractivity contribution in [1.29, 1.82) is 0 Å². The number of aromatic nitrogens is 2. The number of rotatable bonds is 0. The Bertz CT molecular complexity index is 2560. The largest absolute Gasteiger partial charge is 0.228 e. The van der Waals surface area contributed by atoms with Crippen molar-refractivity contribution >= 4 is 75.1 Å². The van der Waals surface area contributed by atoms with Crippen molar-refractivity contribution in [1.82, 2.24) is 0 Å². The van der Waals surface area contributed by atoms with Crippen molar-refractivity contribution in [2.24, 2.45) is 0 Å². The zero-order valence-corrected chi connectivity index (χ0v) is 27.0. The molecule has 3 heteroatoms. The molecular weight excluding hydrogens is 553 g/mol. The fraction of sp³-hybridized carbons (Fsp3) is 0.171. The molecule has 0 aliphatic rings. The Kier molecular flexibility index (Phi) is 5.95. The summed E-state index contributed by atoms with van der Waals surface area (Å²) in [6.07, 6.45) is 4.68. The van der Waals surface area contributed by atoms with Gasteiger partial charge in [-0.1, -0.05) is 74.9 Å². The number of fused-ring (bicyclic) bond motifs is 13. The topological polar surface area (TPSA) is 8.20 Å². The number of hydrogen-bond acceptors (Lipinski definition) is 1. The number of pyridine rings is 2. The van der Waals surface area contributed by atoms with E-state index in [1.807, 2.05) is 11.3 Å². The van der Waals surface area contributed by atoms with Crippen LogP contribution in [0.15, 0.2) is 109 Å². The van der Waals surface area contributed by atoms with Crippen LogP contribution in [0.2, 0.25) is 0 Å². The van der Waals surface area contributed by atoms with E-state index in [1.54, 1.807) is 0 Å². The lowest BCUT2D eigenvalue weighted by molar-refractivity contribution is -0.489. The van der Waals surface area contributed by atoms with Gasteiger partial charge in [0.15, 0.2) is 12.4 Å². The lowest BCUT2D eigenvalue weighted by Gasteiger charge is -2.16. The standard InChI is InChI=1S/C41H36N2S/c1-25-15-17-29-30-11-8-10-14-38(30)44-39-22-37-34(21-33(39)32(29)20-25)36-18-16-28(41(4,5)6)24-42(36)35-13-9-7-12-31(35)40-27(3)19-26(2)23-43(37)40/h7-24H,1-6H3/q+2. The quantitative estimate of drug-likeness (QED) is 0.156. The average Bonchev–Trinajstić information content (AvgIpc) is 3.12. The van der Waals surface area contributed by atoms with E-state index in [-0.39, 0.29) is 5.41 Å². The van der Waals surface area contributed by atoms with Crippen molar-refractivity contribution in [3.05, 3.63) is 132 Å². The number of nitrogens with zero attached hydrogens (tertiary/aromatic N) is 2. The van der Waals surface area contributed by atoms with Crippen LogP contribution in [0.5, 0.6) is 0 Å². The second-order valence-electron chi connectivity index (χ2n) is 13.4. The summed E-state index contributed by atoms with van der Waals surface area (Å²) in [7, 11) is 0. The lowest BCUT2D eigenvalue weighted by Crippen LogP contribution is -2.29. The maximum absolute atomic E-state index is 2.47. The predicted molar refractivity (Wildman–Crippen MR) is 189 cm³/mol. The van der Waals surface area contributed by atoms with Gasteiger partial charge in [0, 0.05) is 49.7 Å². The fourth-order valence-corrected chi connectivity index (χ4v) is 8.09. The van der Waals surface area contributed by atoms with E-state index >= 15 is 0 Å². The first-order valence-corrected chi connectivity index (χ1v) is 16.2. The molecule has 0 aliphatic carbocycles. The maximum Gasteiger partial charge on any atom is 0.228 e. The Morgan fingerprint density at radius 1 is 0.500 bits per heavy atom. The summed E-state index contributed by atoms with van der Waals surface area (Å²) in [4.78, 5) is 0. The van der Waals surface area contributed by atoms with Gasteiger partial charge in [0.2, 0.25) is 22.1 Å². The summed E-state index contributed by atoms with van der Waals surface area (Å²) >= 11 is 1.89. The molecule has 8 rings (SSSR count). The third-order valence-corrected chi connectivity index (χ3v) is 10.3. The molecule has 0 aliphatic heterocycles. The first-order valence-electron chi connectivity index (χ1n) is 15.4. The second-order valence-corrected chi connectivity index (χ2v) is 14.5. The zero-order valence-electron chi connectivity index (χ0n) is 26.2. The highest BCUT2D eigenvalue weighted by molar-refractivity contribution is 7.24. The van der Waals surface area contributed by atoms with E-state index in [4.69, 9.17) is 0 Å². The molecule has 2 nitrogen and oxygen atoms in total. The van der Waals surface area contributed by atoms with Gasteiger partial charge in [0.25, 0.3) is 0 Å². The summed E-state index contributed by atoms with van der Waals surface area (Å²) in [6.45, 7) is 13.5. The molecule has 0 amide bonds. The molecule has 0 radical (unpaired) electrons. The molecule has 214 valence electrons. The summed E-state index contributed by atoms with van der Waals surface area (Å²) in [5.41, 5.74) is 9.97. The number of benzene rings is 4. The zero-order chi connectivity index (χ0) is 30.3. The Hall–Kier alpha value is -4.60. The van der Waals surface area contributed by atoms with Crippen molar-refractivity contribution < 1.29 is 8.80 Å². The molecule has 4 heterocycles. The van der Waals surface area contributed by atoms with Gasteiger partial charge in [-0.2, -0.15) is 8.80 Å². The third-order valence-electron chi connectivity index (χ3n) is 9.12. The summed E-state index contributed by atoms with van der Waals surface area (Å²) in [5.74, 6) is 0. The molecule has 0 atom stereocenters. The van der Waals surface area contributed by atoms with E-state index in [2.05, 4.69) is 160 Å². The highest BCUT2D eigenvalue weighted by Crippen LogP contribution is 2.37. The van der Waals surface area contributed by atoms with Crippen LogP contribution in [0.1, 0.15) is 43.0 Å². The molecule has 0 spiro atoms. The van der Waals surface area contributed by atoms with E-state index < -0.39 is 0 Å². The normalized spacial score (nSPS) is 12.3. The molecule has 44 heavy (non-hydrogen) atoms. The Morgan fingerprint density at radius 3 is 2.07 bits per heavy atom. The minimum atomic E-state index is 0.0223. The molecule has 8 aromatic rings. The second kappa shape index (κ2) is 9.70. The van der Waals surface area contributed by atoms with E-state index in [0.29, 0.717) is 0 Å². The monoisotopic (exact) mass is 588 g/mol. The maximum atomic E-state index is 2.47. The van der Waals surface area contributed by atoms with Crippen LogP contribution in [0.25, 0.3) is 63.8 Å². The minimum absolute atomic E-state index is 0.0223. The van der Waals surface area contributed by atoms with Crippen LogP contribution in [0, 0.1) is 20.8 Å². The summed E-state index contributed by atoms with van der Waals surface area (Å²) in [6, 6.07) is 36.5. The molecule has 4 aromatic heterocycles. The molecule has 0 bridgehead atoms. The van der Waals surface area contributed by atoms with Gasteiger partial charge in [0.1, 0.15) is 10.8 Å². The molecule has 0 fully saturated rings. The van der Waals surface area contributed by atoms with Gasteiger partial charge in [-0.05, 0) is 72.7 Å². The Balaban J connectivity index is 1.76. The number of aryl methyl sites for hydroxylation is 3. The molecule has 0 N–H and O–H groups in total. The Labute approximate surface area is 261 Å².